The maximum atomic E-state index is 9.77. The van der Waals surface area contributed by atoms with Crippen LogP contribution in [0.2, 0.25) is 0 Å². The van der Waals surface area contributed by atoms with Gasteiger partial charge in [-0.2, -0.15) is 0 Å². The fourth-order valence-electron chi connectivity index (χ4n) is 8.93. The summed E-state index contributed by atoms with van der Waals surface area (Å²) in [5.74, 6) is 0.516. The summed E-state index contributed by atoms with van der Waals surface area (Å²) in [7, 11) is 0. The van der Waals surface area contributed by atoms with Crippen molar-refractivity contribution in [3.63, 3.8) is 0 Å². The zero-order chi connectivity index (χ0) is 50.2. The smallest absolute Gasteiger partial charge is 0.164 e. The first-order valence-electron chi connectivity index (χ1n) is 25.3. The quantitative estimate of drug-likeness (QED) is 0.152. The van der Waals surface area contributed by atoms with Gasteiger partial charge in [0.05, 0.1) is 8.22 Å². The first-order valence-corrected chi connectivity index (χ1v) is 22.3. The molecule has 0 N–H and O–H groups in total. The molecule has 0 saturated carbocycles. The molecule has 5 heteroatoms. The monoisotopic (exact) mass is 875 g/mol. The molecule has 0 aliphatic heterocycles. The van der Waals surface area contributed by atoms with Gasteiger partial charge in [-0.05, 0) is 128 Å². The largest absolute Gasteiger partial charge is 0.456 e. The fraction of sp³-hybridized carbons (Fsp3) is 0. The van der Waals surface area contributed by atoms with E-state index in [0.29, 0.717) is 22.3 Å². The number of hydrogen-bond donors (Lipinski definition) is 0. The maximum absolute atomic E-state index is 9.77. The Bertz CT molecular complexity index is 4300. The number of fused-ring (bicyclic) bond motifs is 6. The summed E-state index contributed by atoms with van der Waals surface area (Å²) in [5, 5.41) is 1.86. The van der Waals surface area contributed by atoms with Gasteiger partial charge in [-0.3, -0.25) is 0 Å². The molecule has 68 heavy (non-hydrogen) atoms. The van der Waals surface area contributed by atoms with Crippen LogP contribution in [0.1, 0.15) is 8.22 Å². The summed E-state index contributed by atoms with van der Waals surface area (Å²) in [6.45, 7) is 0. The summed E-state index contributed by atoms with van der Waals surface area (Å²) in [5.41, 5.74) is 10.8. The third kappa shape index (κ3) is 7.20. The lowest BCUT2D eigenvalue weighted by molar-refractivity contribution is 0.668. The van der Waals surface area contributed by atoms with Gasteiger partial charge in [0.2, 0.25) is 0 Å². The molecule has 0 fully saturated rings. The van der Waals surface area contributed by atoms with Crippen LogP contribution in [0.15, 0.2) is 245 Å². The van der Waals surface area contributed by atoms with E-state index in [4.69, 9.17) is 23.8 Å². The van der Waals surface area contributed by atoms with Crippen molar-refractivity contribution in [2.75, 3.05) is 0 Å². The predicted molar refractivity (Wildman–Crippen MR) is 278 cm³/mol. The van der Waals surface area contributed by atoms with Crippen LogP contribution in [0.4, 0.5) is 0 Å². The second-order valence-electron chi connectivity index (χ2n) is 16.7. The zero-order valence-corrected chi connectivity index (χ0v) is 36.2. The van der Waals surface area contributed by atoms with Crippen LogP contribution in [0.5, 0.6) is 0 Å². The molecule has 3 aromatic heterocycles. The highest BCUT2D eigenvalue weighted by molar-refractivity contribution is 6.08. The molecule has 0 aliphatic carbocycles. The number of rotatable bonds is 8. The SMILES string of the molecule is [2H]c1c(-c2cc(-c3ccccc3)cc(-c3ccccc3)c2)c([2H])c2c(oc3c([2H])c(-c4nc(-c5ccc(-c6ccccc6)cc5)nc(-c5ccc6oc7cc(-c8ccccc8)ccc7c6c5)n4)c([2H])c([2H])c32)c1[2H]. The van der Waals surface area contributed by atoms with E-state index in [1.165, 1.54) is 0 Å². The van der Waals surface area contributed by atoms with Gasteiger partial charge < -0.3 is 8.83 Å². The Hall–Kier alpha value is -9.19. The van der Waals surface area contributed by atoms with Crippen LogP contribution < -0.4 is 0 Å². The molecular weight excluding hydrogens is 831 g/mol. The number of aromatic nitrogens is 3. The van der Waals surface area contributed by atoms with Gasteiger partial charge in [0.25, 0.3) is 0 Å². The molecule has 0 unspecified atom stereocenters. The Kier molecular flexibility index (Phi) is 8.01. The number of hydrogen-bond acceptors (Lipinski definition) is 5. The third-order valence-electron chi connectivity index (χ3n) is 12.4. The summed E-state index contributed by atoms with van der Waals surface area (Å²) >= 11 is 0. The van der Waals surface area contributed by atoms with E-state index in [-0.39, 0.29) is 86.8 Å². The normalized spacial score (nSPS) is 12.8. The fourth-order valence-corrected chi connectivity index (χ4v) is 8.93. The second kappa shape index (κ2) is 16.4. The van der Waals surface area contributed by atoms with Crippen LogP contribution in [0.3, 0.4) is 0 Å². The average molecular weight is 876 g/mol. The van der Waals surface area contributed by atoms with E-state index in [1.807, 2.05) is 176 Å². The molecule has 3 heterocycles. The minimum Gasteiger partial charge on any atom is -0.456 e. The molecule has 0 aliphatic rings. The van der Waals surface area contributed by atoms with Crippen molar-refractivity contribution < 1.29 is 17.1 Å². The van der Waals surface area contributed by atoms with E-state index in [9.17, 15) is 8.22 Å². The van der Waals surface area contributed by atoms with Crippen molar-refractivity contribution in [3.8, 4) is 89.8 Å². The molecule has 0 amide bonds. The highest BCUT2D eigenvalue weighted by Gasteiger charge is 2.18. The Balaban J connectivity index is 0.991. The van der Waals surface area contributed by atoms with Gasteiger partial charge in [0, 0.05) is 38.2 Å². The molecule has 5 nitrogen and oxygen atoms in total. The Morgan fingerprint density at radius 1 is 0.250 bits per heavy atom. The molecule has 318 valence electrons. The first kappa shape index (κ1) is 33.3. The van der Waals surface area contributed by atoms with Gasteiger partial charge in [-0.25, -0.2) is 15.0 Å². The van der Waals surface area contributed by atoms with Crippen molar-refractivity contribution in [1.29, 1.82) is 0 Å². The van der Waals surface area contributed by atoms with Crippen molar-refractivity contribution in [2.45, 2.75) is 0 Å². The minimum absolute atomic E-state index is 0.0275. The number of furan rings is 2. The van der Waals surface area contributed by atoms with E-state index in [1.54, 1.807) is 0 Å². The Morgan fingerprint density at radius 2 is 0.721 bits per heavy atom. The maximum Gasteiger partial charge on any atom is 0.164 e. The van der Waals surface area contributed by atoms with Crippen LogP contribution >= 0.6 is 0 Å². The highest BCUT2D eigenvalue weighted by atomic mass is 16.3. The lowest BCUT2D eigenvalue weighted by Crippen LogP contribution is -2.00. The van der Waals surface area contributed by atoms with Crippen molar-refractivity contribution in [1.82, 2.24) is 15.0 Å². The topological polar surface area (TPSA) is 65.0 Å². The lowest BCUT2D eigenvalue weighted by Gasteiger charge is -2.11. The standard InChI is InChI=1S/C63H39N3O2/c1-5-13-40(14-6-1)44-21-23-45(24-22-44)61-64-62(48-28-32-58-56(37-48)53-29-25-47(38-59(53)67-58)41-15-7-2-8-16-41)66-63(65-61)49-26-30-54-55-36-46(27-31-57(55)68-60(54)39-49)52-34-50(42-17-9-3-10-18-42)33-51(35-52)43-19-11-4-12-20-43/h1-39H/i26D,27D,30D,31D,36D,39D. The van der Waals surface area contributed by atoms with Gasteiger partial charge >= 0.3 is 0 Å². The molecule has 10 aromatic carbocycles. The van der Waals surface area contributed by atoms with Gasteiger partial charge in [-0.15, -0.1) is 0 Å². The van der Waals surface area contributed by atoms with Crippen LogP contribution in [0, 0.1) is 0 Å². The molecule has 13 aromatic rings. The van der Waals surface area contributed by atoms with Crippen LogP contribution in [0.25, 0.3) is 134 Å². The van der Waals surface area contributed by atoms with Crippen molar-refractivity contribution >= 4 is 43.9 Å². The lowest BCUT2D eigenvalue weighted by atomic mass is 9.93. The summed E-state index contributed by atoms with van der Waals surface area (Å²) in [4.78, 5) is 14.9. The van der Waals surface area contributed by atoms with Crippen molar-refractivity contribution in [2.24, 2.45) is 0 Å². The minimum atomic E-state index is -0.363. The second-order valence-corrected chi connectivity index (χ2v) is 16.7. The first-order chi connectivity index (χ1) is 36.2. The van der Waals surface area contributed by atoms with E-state index >= 15 is 0 Å². The predicted octanol–water partition coefficient (Wildman–Crippen LogP) is 17.0. The molecule has 0 saturated heterocycles. The third-order valence-corrected chi connectivity index (χ3v) is 12.4. The average Bonchev–Trinajstić information content (AvgIpc) is 4.05. The molecule has 0 spiro atoms. The molecule has 0 atom stereocenters. The summed E-state index contributed by atoms with van der Waals surface area (Å²) < 4.78 is 70.2. The molecule has 0 bridgehead atoms. The van der Waals surface area contributed by atoms with E-state index in [0.717, 1.165) is 60.9 Å². The molecule has 0 radical (unpaired) electrons. The van der Waals surface area contributed by atoms with Gasteiger partial charge in [0.15, 0.2) is 17.5 Å². The van der Waals surface area contributed by atoms with Crippen LogP contribution in [-0.4, -0.2) is 15.0 Å². The molecular formula is C63H39N3O2. The summed E-state index contributed by atoms with van der Waals surface area (Å²) in [6.07, 6.45) is 0. The zero-order valence-electron chi connectivity index (χ0n) is 42.2. The van der Waals surface area contributed by atoms with Gasteiger partial charge in [-0.1, -0.05) is 164 Å². The van der Waals surface area contributed by atoms with E-state index in [2.05, 4.69) is 24.3 Å². The molecule has 13 rings (SSSR count). The van der Waals surface area contributed by atoms with E-state index < -0.39 is 0 Å². The number of nitrogens with zero attached hydrogens (tertiary/aromatic N) is 3. The number of benzene rings is 10. The van der Waals surface area contributed by atoms with Crippen LogP contribution in [-0.2, 0) is 0 Å². The highest BCUT2D eigenvalue weighted by Crippen LogP contribution is 2.39. The Labute approximate surface area is 400 Å². The van der Waals surface area contributed by atoms with Crippen molar-refractivity contribution in [3.05, 3.63) is 236 Å². The Morgan fingerprint density at radius 3 is 1.35 bits per heavy atom. The summed E-state index contributed by atoms with van der Waals surface area (Å²) in [6, 6.07) is 63.7. The van der Waals surface area contributed by atoms with Gasteiger partial charge in [0.1, 0.15) is 22.3 Å².